The number of benzene rings is 2. The summed E-state index contributed by atoms with van der Waals surface area (Å²) in [5.41, 5.74) is 2.28. The van der Waals surface area contributed by atoms with Crippen molar-refractivity contribution < 1.29 is 9.18 Å². The molecule has 0 saturated heterocycles. The highest BCUT2D eigenvalue weighted by Crippen LogP contribution is 2.20. The highest BCUT2D eigenvalue weighted by Gasteiger charge is 2.08. The van der Waals surface area contributed by atoms with Gasteiger partial charge in [0.15, 0.2) is 0 Å². The van der Waals surface area contributed by atoms with Crippen molar-refractivity contribution in [3.63, 3.8) is 0 Å². The smallest absolute Gasteiger partial charge is 0.224 e. The number of carbonyl (C=O) groups excluding carboxylic acids is 1. The predicted octanol–water partition coefficient (Wildman–Crippen LogP) is 3.49. The fourth-order valence-corrected chi connectivity index (χ4v) is 2.39. The maximum absolute atomic E-state index is 13.7. The average Bonchev–Trinajstić information content (AvgIpc) is 2.49. The fraction of sp³-hybridized carbons (Fsp3) is 0.188. The maximum Gasteiger partial charge on any atom is 0.224 e. The number of anilines is 1. The van der Waals surface area contributed by atoms with Crippen molar-refractivity contribution in [1.29, 1.82) is 0 Å². The summed E-state index contributed by atoms with van der Waals surface area (Å²) in [4.78, 5) is 11.5. The molecule has 0 aliphatic heterocycles. The number of rotatable bonds is 5. The molecular formula is C16H16BrFN2O. The van der Waals surface area contributed by atoms with Gasteiger partial charge in [-0.1, -0.05) is 34.1 Å². The minimum Gasteiger partial charge on any atom is -0.381 e. The molecule has 0 heterocycles. The van der Waals surface area contributed by atoms with E-state index in [0.717, 1.165) is 15.7 Å². The van der Waals surface area contributed by atoms with Crippen molar-refractivity contribution in [2.75, 3.05) is 12.4 Å². The van der Waals surface area contributed by atoms with Gasteiger partial charge in [0.25, 0.3) is 0 Å². The Kier molecular flexibility index (Phi) is 5.33. The van der Waals surface area contributed by atoms with Gasteiger partial charge in [0.1, 0.15) is 5.82 Å². The SMILES string of the molecule is CNC(=O)Cc1ccccc1NCc1cc(Br)ccc1F. The standard InChI is InChI=1S/C16H16BrFN2O/c1-19-16(21)9-11-4-2-3-5-15(11)20-10-12-8-13(17)6-7-14(12)18/h2-8,20H,9-10H2,1H3,(H,19,21). The van der Waals surface area contributed by atoms with Crippen LogP contribution >= 0.6 is 15.9 Å². The summed E-state index contributed by atoms with van der Waals surface area (Å²) in [7, 11) is 1.61. The molecule has 2 rings (SSSR count). The van der Waals surface area contributed by atoms with E-state index in [1.165, 1.54) is 6.07 Å². The number of para-hydroxylation sites is 1. The molecule has 0 aromatic heterocycles. The predicted molar refractivity (Wildman–Crippen MR) is 85.6 cm³/mol. The van der Waals surface area contributed by atoms with Crippen molar-refractivity contribution in [3.05, 3.63) is 63.9 Å². The molecule has 1 amide bonds. The maximum atomic E-state index is 13.7. The highest BCUT2D eigenvalue weighted by molar-refractivity contribution is 9.10. The van der Waals surface area contributed by atoms with E-state index in [1.807, 2.05) is 24.3 Å². The van der Waals surface area contributed by atoms with E-state index in [2.05, 4.69) is 26.6 Å². The summed E-state index contributed by atoms with van der Waals surface area (Å²) in [5, 5.41) is 5.78. The molecule has 2 N–H and O–H groups in total. The zero-order chi connectivity index (χ0) is 15.2. The minimum absolute atomic E-state index is 0.0575. The van der Waals surface area contributed by atoms with Gasteiger partial charge < -0.3 is 10.6 Å². The Morgan fingerprint density at radius 1 is 1.19 bits per heavy atom. The van der Waals surface area contributed by atoms with Crippen LogP contribution in [0.3, 0.4) is 0 Å². The normalized spacial score (nSPS) is 10.2. The molecule has 2 aromatic rings. The van der Waals surface area contributed by atoms with Crippen LogP contribution in [0, 0.1) is 5.82 Å². The van der Waals surface area contributed by atoms with Crippen LogP contribution in [0.25, 0.3) is 0 Å². The van der Waals surface area contributed by atoms with Gasteiger partial charge in [0.2, 0.25) is 5.91 Å². The Bertz CT molecular complexity index is 646. The zero-order valence-electron chi connectivity index (χ0n) is 11.6. The second kappa shape index (κ2) is 7.22. The lowest BCUT2D eigenvalue weighted by Crippen LogP contribution is -2.20. The lowest BCUT2D eigenvalue weighted by molar-refractivity contribution is -0.119. The summed E-state index contributed by atoms with van der Waals surface area (Å²) in [6.07, 6.45) is 0.292. The van der Waals surface area contributed by atoms with Gasteiger partial charge in [-0.25, -0.2) is 4.39 Å². The second-order valence-corrected chi connectivity index (χ2v) is 5.51. The number of hydrogen-bond acceptors (Lipinski definition) is 2. The molecule has 0 bridgehead atoms. The molecule has 0 fully saturated rings. The van der Waals surface area contributed by atoms with E-state index in [-0.39, 0.29) is 11.7 Å². The molecule has 0 atom stereocenters. The van der Waals surface area contributed by atoms with Crippen LogP contribution in [0.1, 0.15) is 11.1 Å². The molecule has 0 aliphatic carbocycles. The van der Waals surface area contributed by atoms with E-state index in [9.17, 15) is 9.18 Å². The van der Waals surface area contributed by atoms with Gasteiger partial charge in [-0.3, -0.25) is 4.79 Å². The van der Waals surface area contributed by atoms with Crippen LogP contribution in [0.4, 0.5) is 10.1 Å². The van der Waals surface area contributed by atoms with E-state index in [1.54, 1.807) is 19.2 Å². The van der Waals surface area contributed by atoms with Crippen molar-refractivity contribution in [3.8, 4) is 0 Å². The molecular weight excluding hydrogens is 335 g/mol. The first-order chi connectivity index (χ1) is 10.1. The summed E-state index contributed by atoms with van der Waals surface area (Å²) in [5.74, 6) is -0.313. The quantitative estimate of drug-likeness (QED) is 0.866. The molecule has 3 nitrogen and oxygen atoms in total. The average molecular weight is 351 g/mol. The number of likely N-dealkylation sites (N-methyl/N-ethyl adjacent to an activating group) is 1. The number of amides is 1. The lowest BCUT2D eigenvalue weighted by atomic mass is 10.1. The molecule has 5 heteroatoms. The third kappa shape index (κ3) is 4.29. The molecule has 0 spiro atoms. The lowest BCUT2D eigenvalue weighted by Gasteiger charge is -2.12. The molecule has 21 heavy (non-hydrogen) atoms. The number of carbonyl (C=O) groups is 1. The number of nitrogens with one attached hydrogen (secondary N) is 2. The monoisotopic (exact) mass is 350 g/mol. The largest absolute Gasteiger partial charge is 0.381 e. The van der Waals surface area contributed by atoms with Crippen molar-refractivity contribution in [2.24, 2.45) is 0 Å². The van der Waals surface area contributed by atoms with Gasteiger partial charge >= 0.3 is 0 Å². The molecule has 0 unspecified atom stereocenters. The Morgan fingerprint density at radius 2 is 1.95 bits per heavy atom. The third-order valence-electron chi connectivity index (χ3n) is 3.12. The van der Waals surface area contributed by atoms with E-state index >= 15 is 0 Å². The summed E-state index contributed by atoms with van der Waals surface area (Å²) >= 11 is 3.33. The molecule has 0 aliphatic rings. The third-order valence-corrected chi connectivity index (χ3v) is 3.62. The van der Waals surface area contributed by atoms with Crippen LogP contribution in [-0.4, -0.2) is 13.0 Å². The zero-order valence-corrected chi connectivity index (χ0v) is 13.2. The van der Waals surface area contributed by atoms with E-state index in [0.29, 0.717) is 18.5 Å². The molecule has 110 valence electrons. The minimum atomic E-state index is -0.255. The molecule has 2 aromatic carbocycles. The van der Waals surface area contributed by atoms with Gasteiger partial charge in [-0.05, 0) is 29.8 Å². The van der Waals surface area contributed by atoms with Gasteiger partial charge in [-0.2, -0.15) is 0 Å². The first-order valence-corrected chi connectivity index (χ1v) is 7.35. The van der Waals surface area contributed by atoms with Crippen molar-refractivity contribution in [2.45, 2.75) is 13.0 Å². The van der Waals surface area contributed by atoms with Crippen LogP contribution in [0.2, 0.25) is 0 Å². The first kappa shape index (κ1) is 15.5. The molecule has 0 saturated carbocycles. The van der Waals surface area contributed by atoms with Crippen LogP contribution < -0.4 is 10.6 Å². The van der Waals surface area contributed by atoms with Crippen LogP contribution in [0.15, 0.2) is 46.9 Å². The summed E-state index contributed by atoms with van der Waals surface area (Å²) in [6, 6.07) is 12.4. The highest BCUT2D eigenvalue weighted by atomic mass is 79.9. The summed E-state index contributed by atoms with van der Waals surface area (Å²) < 4.78 is 14.5. The number of hydrogen-bond donors (Lipinski definition) is 2. The van der Waals surface area contributed by atoms with Crippen LogP contribution in [0.5, 0.6) is 0 Å². The van der Waals surface area contributed by atoms with Gasteiger partial charge in [-0.15, -0.1) is 0 Å². The topological polar surface area (TPSA) is 41.1 Å². The fourth-order valence-electron chi connectivity index (χ4n) is 1.98. The van der Waals surface area contributed by atoms with Crippen LogP contribution in [-0.2, 0) is 17.8 Å². The Balaban J connectivity index is 2.13. The van der Waals surface area contributed by atoms with E-state index < -0.39 is 0 Å². The number of halogens is 2. The van der Waals surface area contributed by atoms with Crippen molar-refractivity contribution >= 4 is 27.5 Å². The summed E-state index contributed by atoms with van der Waals surface area (Å²) in [6.45, 7) is 0.357. The van der Waals surface area contributed by atoms with Gasteiger partial charge in [0, 0.05) is 29.3 Å². The van der Waals surface area contributed by atoms with Gasteiger partial charge in [0.05, 0.1) is 6.42 Å². The van der Waals surface area contributed by atoms with E-state index in [4.69, 9.17) is 0 Å². The Labute approximate surface area is 131 Å². The first-order valence-electron chi connectivity index (χ1n) is 6.56. The Hall–Kier alpha value is -1.88. The Morgan fingerprint density at radius 3 is 2.71 bits per heavy atom. The van der Waals surface area contributed by atoms with Crippen molar-refractivity contribution in [1.82, 2.24) is 5.32 Å². The molecule has 0 radical (unpaired) electrons. The second-order valence-electron chi connectivity index (χ2n) is 4.60.